The zero-order valence-electron chi connectivity index (χ0n) is 14.7. The van der Waals surface area contributed by atoms with Crippen molar-refractivity contribution in [3.05, 3.63) is 41.6 Å². The molecule has 1 saturated carbocycles. The highest BCUT2D eigenvalue weighted by Crippen LogP contribution is 2.32. The summed E-state index contributed by atoms with van der Waals surface area (Å²) in [5.74, 6) is 0.257. The smallest absolute Gasteiger partial charge is 0.253 e. The van der Waals surface area contributed by atoms with E-state index in [1.165, 1.54) is 0 Å². The molecule has 1 fully saturated rings. The number of nitrogens with zero attached hydrogens (tertiary/aromatic N) is 1. The van der Waals surface area contributed by atoms with E-state index in [1.807, 2.05) is 45.0 Å². The molecule has 0 spiro atoms. The van der Waals surface area contributed by atoms with E-state index in [1.54, 1.807) is 6.20 Å². The van der Waals surface area contributed by atoms with Gasteiger partial charge in [-0.3, -0.25) is 9.78 Å². The van der Waals surface area contributed by atoms with Crippen molar-refractivity contribution in [2.75, 3.05) is 0 Å². The van der Waals surface area contributed by atoms with Crippen LogP contribution in [0.4, 0.5) is 0 Å². The molecule has 2 N–H and O–H groups in total. The molecule has 2 aromatic rings. The number of hydrogen-bond acceptors (Lipinski definition) is 3. The Hall–Kier alpha value is -1.94. The van der Waals surface area contributed by atoms with Crippen LogP contribution in [0, 0.1) is 12.8 Å². The standard InChI is InChI=1S/C20H26N2O2/c1-13-4-5-14-11-15(12-21-18(14)10-13)19(23)22-17-8-6-16(7-9-17)20(2,3)24/h4-5,10-12,16-17,24H,6-9H2,1-3H3,(H,22,23)/t16-,17-. The first-order valence-electron chi connectivity index (χ1n) is 8.72. The number of pyridine rings is 1. The summed E-state index contributed by atoms with van der Waals surface area (Å²) >= 11 is 0. The highest BCUT2D eigenvalue weighted by Gasteiger charge is 2.31. The summed E-state index contributed by atoms with van der Waals surface area (Å²) in [6, 6.07) is 8.14. The number of fused-ring (bicyclic) bond motifs is 1. The molecule has 4 nitrogen and oxygen atoms in total. The SMILES string of the molecule is Cc1ccc2cc(C(=O)N[C@H]3CC[C@H](C(C)(C)O)CC3)cnc2c1. The number of amides is 1. The zero-order valence-corrected chi connectivity index (χ0v) is 14.7. The van der Waals surface area contributed by atoms with Crippen LogP contribution in [-0.4, -0.2) is 27.6 Å². The normalized spacial score (nSPS) is 21.7. The van der Waals surface area contributed by atoms with Crippen molar-refractivity contribution < 1.29 is 9.90 Å². The first-order valence-corrected chi connectivity index (χ1v) is 8.72. The van der Waals surface area contributed by atoms with Gasteiger partial charge in [-0.1, -0.05) is 12.1 Å². The predicted molar refractivity (Wildman–Crippen MR) is 96.0 cm³/mol. The quantitative estimate of drug-likeness (QED) is 0.906. The van der Waals surface area contributed by atoms with Crippen molar-refractivity contribution in [2.45, 2.75) is 58.1 Å². The fourth-order valence-electron chi connectivity index (χ4n) is 3.57. The molecule has 24 heavy (non-hydrogen) atoms. The van der Waals surface area contributed by atoms with Crippen molar-refractivity contribution in [1.29, 1.82) is 0 Å². The number of carbonyl (C=O) groups is 1. The van der Waals surface area contributed by atoms with Crippen LogP contribution in [0.1, 0.15) is 55.5 Å². The second-order valence-corrected chi connectivity index (χ2v) is 7.60. The molecule has 1 aliphatic rings. The van der Waals surface area contributed by atoms with E-state index in [9.17, 15) is 9.90 Å². The molecule has 1 aromatic carbocycles. The number of aromatic nitrogens is 1. The van der Waals surface area contributed by atoms with Gasteiger partial charge in [-0.25, -0.2) is 0 Å². The van der Waals surface area contributed by atoms with Gasteiger partial charge in [-0.2, -0.15) is 0 Å². The lowest BCUT2D eigenvalue weighted by molar-refractivity contribution is -0.00257. The average Bonchev–Trinajstić information content (AvgIpc) is 2.54. The Balaban J connectivity index is 1.64. The molecule has 1 amide bonds. The Labute approximate surface area is 143 Å². The lowest BCUT2D eigenvalue weighted by Crippen LogP contribution is -2.41. The van der Waals surface area contributed by atoms with E-state index in [2.05, 4.69) is 10.3 Å². The second-order valence-electron chi connectivity index (χ2n) is 7.60. The Kier molecular flexibility index (Phi) is 4.59. The summed E-state index contributed by atoms with van der Waals surface area (Å²) in [6.45, 7) is 5.78. The third kappa shape index (κ3) is 3.75. The zero-order chi connectivity index (χ0) is 17.3. The van der Waals surface area contributed by atoms with Crippen molar-refractivity contribution in [1.82, 2.24) is 10.3 Å². The van der Waals surface area contributed by atoms with Gasteiger partial charge in [-0.15, -0.1) is 0 Å². The van der Waals surface area contributed by atoms with E-state index in [-0.39, 0.29) is 11.9 Å². The van der Waals surface area contributed by atoms with Crippen LogP contribution in [0.5, 0.6) is 0 Å². The molecule has 128 valence electrons. The lowest BCUT2D eigenvalue weighted by atomic mass is 9.77. The Bertz CT molecular complexity index is 741. The number of hydrogen-bond donors (Lipinski definition) is 2. The van der Waals surface area contributed by atoms with E-state index in [4.69, 9.17) is 0 Å². The maximum absolute atomic E-state index is 12.5. The third-order valence-corrected chi connectivity index (χ3v) is 5.16. The van der Waals surface area contributed by atoms with Gasteiger partial charge in [0.25, 0.3) is 5.91 Å². The average molecular weight is 326 g/mol. The molecule has 1 aliphatic carbocycles. The van der Waals surface area contributed by atoms with Crippen LogP contribution in [0.25, 0.3) is 10.9 Å². The number of rotatable bonds is 3. The largest absolute Gasteiger partial charge is 0.390 e. The van der Waals surface area contributed by atoms with Crippen LogP contribution >= 0.6 is 0 Å². The summed E-state index contributed by atoms with van der Waals surface area (Å²) in [4.78, 5) is 16.9. The van der Waals surface area contributed by atoms with E-state index < -0.39 is 5.60 Å². The molecule has 0 aliphatic heterocycles. The fraction of sp³-hybridized carbons (Fsp3) is 0.500. The number of aliphatic hydroxyl groups is 1. The van der Waals surface area contributed by atoms with Crippen LogP contribution in [0.2, 0.25) is 0 Å². The highest BCUT2D eigenvalue weighted by atomic mass is 16.3. The van der Waals surface area contributed by atoms with Gasteiger partial charge in [0.2, 0.25) is 0 Å². The van der Waals surface area contributed by atoms with Gasteiger partial charge in [0, 0.05) is 17.6 Å². The van der Waals surface area contributed by atoms with E-state index in [0.29, 0.717) is 11.5 Å². The topological polar surface area (TPSA) is 62.2 Å². The number of carbonyl (C=O) groups excluding carboxylic acids is 1. The molecule has 1 heterocycles. The first-order chi connectivity index (χ1) is 11.3. The Morgan fingerprint density at radius 3 is 2.58 bits per heavy atom. The molecule has 3 rings (SSSR count). The van der Waals surface area contributed by atoms with Crippen LogP contribution in [-0.2, 0) is 0 Å². The molecule has 1 aromatic heterocycles. The number of nitrogens with one attached hydrogen (secondary N) is 1. The molecular formula is C20H26N2O2. The summed E-state index contributed by atoms with van der Waals surface area (Å²) in [5.41, 5.74) is 2.05. The van der Waals surface area contributed by atoms with Crippen LogP contribution in [0.3, 0.4) is 0 Å². The third-order valence-electron chi connectivity index (χ3n) is 5.16. The summed E-state index contributed by atoms with van der Waals surface area (Å²) in [6.07, 6.45) is 5.38. The van der Waals surface area contributed by atoms with Gasteiger partial charge < -0.3 is 10.4 Å². The van der Waals surface area contributed by atoms with E-state index >= 15 is 0 Å². The minimum Gasteiger partial charge on any atom is -0.390 e. The van der Waals surface area contributed by atoms with Crippen molar-refractivity contribution >= 4 is 16.8 Å². The van der Waals surface area contributed by atoms with E-state index in [0.717, 1.165) is 42.1 Å². The lowest BCUT2D eigenvalue weighted by Gasteiger charge is -2.36. The predicted octanol–water partition coefficient (Wildman–Crippen LogP) is 3.60. The minimum atomic E-state index is -0.630. The molecule has 0 radical (unpaired) electrons. The number of aryl methyl sites for hydroxylation is 1. The van der Waals surface area contributed by atoms with Gasteiger partial charge >= 0.3 is 0 Å². The molecular weight excluding hydrogens is 300 g/mol. The highest BCUT2D eigenvalue weighted by molar-refractivity contribution is 5.97. The van der Waals surface area contributed by atoms with Gasteiger partial charge in [0.05, 0.1) is 16.7 Å². The van der Waals surface area contributed by atoms with Crippen molar-refractivity contribution in [3.8, 4) is 0 Å². The summed E-state index contributed by atoms with van der Waals surface area (Å²) in [7, 11) is 0. The second kappa shape index (κ2) is 6.52. The van der Waals surface area contributed by atoms with Crippen molar-refractivity contribution in [2.24, 2.45) is 5.92 Å². The Morgan fingerprint density at radius 2 is 1.92 bits per heavy atom. The Morgan fingerprint density at radius 1 is 1.21 bits per heavy atom. The van der Waals surface area contributed by atoms with Crippen LogP contribution < -0.4 is 5.32 Å². The molecule has 0 bridgehead atoms. The summed E-state index contributed by atoms with van der Waals surface area (Å²) in [5, 5.41) is 14.2. The molecule has 0 unspecified atom stereocenters. The van der Waals surface area contributed by atoms with Crippen molar-refractivity contribution in [3.63, 3.8) is 0 Å². The maximum Gasteiger partial charge on any atom is 0.253 e. The fourth-order valence-corrected chi connectivity index (χ4v) is 3.57. The van der Waals surface area contributed by atoms with Gasteiger partial charge in [0.15, 0.2) is 0 Å². The van der Waals surface area contributed by atoms with Gasteiger partial charge in [0.1, 0.15) is 0 Å². The first kappa shape index (κ1) is 16.9. The monoisotopic (exact) mass is 326 g/mol. The summed E-state index contributed by atoms with van der Waals surface area (Å²) < 4.78 is 0. The number of benzene rings is 1. The van der Waals surface area contributed by atoms with Crippen LogP contribution in [0.15, 0.2) is 30.5 Å². The molecule has 0 saturated heterocycles. The maximum atomic E-state index is 12.5. The molecule has 4 heteroatoms. The van der Waals surface area contributed by atoms with Gasteiger partial charge in [-0.05, 0) is 70.1 Å². The molecule has 0 atom stereocenters. The minimum absolute atomic E-state index is 0.0586.